The van der Waals surface area contributed by atoms with Crippen molar-refractivity contribution in [1.29, 1.82) is 0 Å². The van der Waals surface area contributed by atoms with Gasteiger partial charge in [0.15, 0.2) is 0 Å². The van der Waals surface area contributed by atoms with Crippen molar-refractivity contribution in [3.8, 4) is 11.5 Å². The van der Waals surface area contributed by atoms with Crippen LogP contribution in [0.25, 0.3) is 16.6 Å². The molecule has 28 heavy (non-hydrogen) atoms. The van der Waals surface area contributed by atoms with Crippen LogP contribution < -0.4 is 29.9 Å². The second-order valence-corrected chi connectivity index (χ2v) is 9.26. The Morgan fingerprint density at radius 3 is 2.61 bits per heavy atom. The Kier molecular flexibility index (Phi) is 4.96. The van der Waals surface area contributed by atoms with E-state index in [9.17, 15) is 10.2 Å². The second-order valence-electron chi connectivity index (χ2n) is 7.09. The number of phenols is 2. The summed E-state index contributed by atoms with van der Waals surface area (Å²) in [5.41, 5.74) is 4.41. The van der Waals surface area contributed by atoms with Gasteiger partial charge in [-0.05, 0) is 0 Å². The summed E-state index contributed by atoms with van der Waals surface area (Å²) in [7, 11) is 2.02. The average molecular weight is 506 g/mol. The summed E-state index contributed by atoms with van der Waals surface area (Å²) in [5, 5.41) is 22.6. The monoisotopic (exact) mass is 506 g/mol. The molecule has 3 aromatic rings. The molecule has 1 aromatic heterocycles. The number of benzene rings is 2. The zero-order valence-corrected chi connectivity index (χ0v) is 18.7. The predicted molar refractivity (Wildman–Crippen MR) is 113 cm³/mol. The van der Waals surface area contributed by atoms with Gasteiger partial charge in [-0.2, -0.15) is 0 Å². The van der Waals surface area contributed by atoms with Crippen LogP contribution in [-0.2, 0) is 7.05 Å². The van der Waals surface area contributed by atoms with E-state index in [-0.39, 0.29) is 17.4 Å². The molecule has 7 heteroatoms. The number of thiocarbonyl (C=S) groups is 1. The number of phenolic OH excluding ortho intramolecular Hbond substituents is 2. The van der Waals surface area contributed by atoms with E-state index in [0.717, 1.165) is 27.9 Å². The van der Waals surface area contributed by atoms with Crippen molar-refractivity contribution in [3.05, 3.63) is 57.8 Å². The third-order valence-corrected chi connectivity index (χ3v) is 7.28. The van der Waals surface area contributed by atoms with Gasteiger partial charge in [0.05, 0.1) is 0 Å². The number of anilines is 1. The van der Waals surface area contributed by atoms with Crippen LogP contribution in [0, 0.1) is 0 Å². The maximum atomic E-state index is 10.6. The molecule has 0 fully saturated rings. The van der Waals surface area contributed by atoms with Crippen LogP contribution in [0.1, 0.15) is 30.9 Å². The molecule has 0 saturated heterocycles. The molecule has 3 N–H and O–H groups in total. The standard InChI is InChI=1S/C21H21IN3O2S/c1-12(2)15-9-16(20(27)10-19(15)26)18-11-22-23-21(28)25(18)14-4-5-17-13(8-14)6-7-24(17)3/h4-12,26-27H,1-3H3,(H,23,28)/q-1. The van der Waals surface area contributed by atoms with Gasteiger partial charge in [-0.1, -0.05) is 0 Å². The van der Waals surface area contributed by atoms with E-state index >= 15 is 0 Å². The van der Waals surface area contributed by atoms with E-state index in [2.05, 4.69) is 30.4 Å². The Balaban J connectivity index is 1.86. The Hall–Kier alpha value is -2.26. The number of aryl methyl sites for hydroxylation is 1. The first-order valence-corrected chi connectivity index (χ1v) is 11.6. The molecule has 5 nitrogen and oxygen atoms in total. The molecule has 1 aliphatic heterocycles. The van der Waals surface area contributed by atoms with Crippen LogP contribution in [0.4, 0.5) is 5.69 Å². The zero-order valence-electron chi connectivity index (χ0n) is 15.8. The molecular weight excluding hydrogens is 485 g/mol. The van der Waals surface area contributed by atoms with Crippen LogP contribution in [0.3, 0.4) is 0 Å². The number of nitrogens with zero attached hydrogens (tertiary/aromatic N) is 2. The van der Waals surface area contributed by atoms with Crippen molar-refractivity contribution >= 4 is 39.6 Å². The number of fused-ring (bicyclic) bond motifs is 1. The van der Waals surface area contributed by atoms with E-state index in [1.165, 1.54) is 6.07 Å². The molecule has 0 amide bonds. The second kappa shape index (κ2) is 7.29. The fourth-order valence-electron chi connectivity index (χ4n) is 3.43. The number of hydrogen-bond acceptors (Lipinski definition) is 3. The van der Waals surface area contributed by atoms with E-state index in [0.29, 0.717) is 10.7 Å². The summed E-state index contributed by atoms with van der Waals surface area (Å²) in [6.07, 6.45) is 2.03. The van der Waals surface area contributed by atoms with Crippen LogP contribution in [0.15, 0.2) is 46.7 Å². The SMILES string of the molecule is CC(C)c1cc(C2=C[I-]NC(=S)N2c2ccc3c(ccn3C)c2)c(O)cc1O. The first kappa shape index (κ1) is 19.1. The summed E-state index contributed by atoms with van der Waals surface area (Å²) in [6, 6.07) is 11.6. The van der Waals surface area contributed by atoms with Gasteiger partial charge in [-0.25, -0.2) is 0 Å². The normalized spacial score (nSPS) is 14.8. The number of rotatable bonds is 3. The third kappa shape index (κ3) is 3.22. The van der Waals surface area contributed by atoms with Gasteiger partial charge in [-0.15, -0.1) is 0 Å². The van der Waals surface area contributed by atoms with Gasteiger partial charge >= 0.3 is 180 Å². The summed E-state index contributed by atoms with van der Waals surface area (Å²) in [6.45, 7) is 4.04. The molecule has 4 rings (SSSR count). The number of aromatic hydroxyl groups is 2. The molecule has 0 spiro atoms. The van der Waals surface area contributed by atoms with Crippen LogP contribution >= 0.6 is 12.2 Å². The molecule has 2 aromatic carbocycles. The van der Waals surface area contributed by atoms with Gasteiger partial charge in [0.2, 0.25) is 0 Å². The van der Waals surface area contributed by atoms with Gasteiger partial charge in [-0.3, -0.25) is 0 Å². The third-order valence-electron chi connectivity index (χ3n) is 4.91. The zero-order chi connectivity index (χ0) is 20.0. The molecular formula is C21H21IN3O2S-. The Labute approximate surface area is 179 Å². The first-order chi connectivity index (χ1) is 13.4. The molecule has 1 aliphatic rings. The van der Waals surface area contributed by atoms with E-state index in [1.807, 2.05) is 44.1 Å². The van der Waals surface area contributed by atoms with Gasteiger partial charge in [0.1, 0.15) is 0 Å². The number of aromatic nitrogens is 1. The average Bonchev–Trinajstić information content (AvgIpc) is 3.01. The Morgan fingerprint density at radius 2 is 1.86 bits per heavy atom. The molecule has 0 radical (unpaired) electrons. The van der Waals surface area contributed by atoms with Gasteiger partial charge in [0, 0.05) is 0 Å². The minimum atomic E-state index is -0.461. The van der Waals surface area contributed by atoms with Gasteiger partial charge in [0.25, 0.3) is 0 Å². The molecule has 0 atom stereocenters. The van der Waals surface area contributed by atoms with Crippen molar-refractivity contribution in [2.24, 2.45) is 7.05 Å². The van der Waals surface area contributed by atoms with Crippen LogP contribution in [0.2, 0.25) is 0 Å². The van der Waals surface area contributed by atoms with Crippen molar-refractivity contribution in [2.45, 2.75) is 19.8 Å². The number of hydrogen-bond donors (Lipinski definition) is 3. The molecule has 2 heterocycles. The van der Waals surface area contributed by atoms with Crippen LogP contribution in [0.5, 0.6) is 11.5 Å². The summed E-state index contributed by atoms with van der Waals surface area (Å²) < 4.78 is 7.50. The molecule has 0 saturated carbocycles. The quantitative estimate of drug-likeness (QED) is 0.285. The van der Waals surface area contributed by atoms with E-state index in [4.69, 9.17) is 12.2 Å². The minimum absolute atomic E-state index is 0.0487. The first-order valence-electron chi connectivity index (χ1n) is 8.91. The summed E-state index contributed by atoms with van der Waals surface area (Å²) in [4.78, 5) is 1.96. The van der Waals surface area contributed by atoms with Crippen molar-refractivity contribution in [3.63, 3.8) is 0 Å². The molecule has 0 bridgehead atoms. The van der Waals surface area contributed by atoms with Crippen molar-refractivity contribution in [1.82, 2.24) is 8.10 Å². The topological polar surface area (TPSA) is 60.7 Å². The van der Waals surface area contributed by atoms with Crippen molar-refractivity contribution < 1.29 is 31.7 Å². The Bertz CT molecular complexity index is 1120. The number of nitrogens with one attached hydrogen (secondary N) is 1. The van der Waals surface area contributed by atoms with E-state index in [1.54, 1.807) is 0 Å². The van der Waals surface area contributed by atoms with Gasteiger partial charge < -0.3 is 0 Å². The molecule has 0 unspecified atom stereocenters. The summed E-state index contributed by atoms with van der Waals surface area (Å²) in [5.74, 6) is 0.297. The number of halogens is 1. The fraction of sp³-hybridized carbons (Fsp3) is 0.190. The van der Waals surface area contributed by atoms with Crippen molar-refractivity contribution in [2.75, 3.05) is 4.90 Å². The van der Waals surface area contributed by atoms with Crippen LogP contribution in [-0.4, -0.2) is 19.9 Å². The summed E-state index contributed by atoms with van der Waals surface area (Å²) >= 11 is 5.17. The van der Waals surface area contributed by atoms with E-state index < -0.39 is 21.5 Å². The predicted octanol–water partition coefficient (Wildman–Crippen LogP) is 1.41. The Morgan fingerprint density at radius 1 is 1.07 bits per heavy atom. The maximum absolute atomic E-state index is 10.6. The fourth-order valence-corrected chi connectivity index (χ4v) is 5.51. The molecule has 146 valence electrons. The molecule has 0 aliphatic carbocycles.